The van der Waals surface area contributed by atoms with Crippen LogP contribution in [0.4, 0.5) is 17.6 Å². The first kappa shape index (κ1) is 16.6. The molecular formula is C11H21F4NO. The first-order valence-corrected chi connectivity index (χ1v) is 5.78. The zero-order valence-corrected chi connectivity index (χ0v) is 10.5. The monoisotopic (exact) mass is 259 g/mol. The first-order chi connectivity index (χ1) is 7.81. The van der Waals surface area contributed by atoms with Crippen molar-refractivity contribution < 1.29 is 22.3 Å². The maximum atomic E-state index is 12.6. The van der Waals surface area contributed by atoms with Gasteiger partial charge in [0.1, 0.15) is 6.61 Å². The van der Waals surface area contributed by atoms with E-state index in [2.05, 4.69) is 10.1 Å². The molecule has 104 valence electrons. The fraction of sp³-hybridized carbons (Fsp3) is 1.00. The van der Waals surface area contributed by atoms with E-state index < -0.39 is 19.0 Å². The number of hydrogen-bond donors (Lipinski definition) is 1. The molecule has 1 N–H and O–H groups in total. The average molecular weight is 259 g/mol. The Balaban J connectivity index is 3.97. The van der Waals surface area contributed by atoms with Crippen LogP contribution in [-0.4, -0.2) is 38.1 Å². The summed E-state index contributed by atoms with van der Waals surface area (Å²) in [6.45, 7) is 5.35. The van der Waals surface area contributed by atoms with Gasteiger partial charge in [-0.2, -0.15) is 8.78 Å². The van der Waals surface area contributed by atoms with Crippen molar-refractivity contribution in [2.24, 2.45) is 5.92 Å². The van der Waals surface area contributed by atoms with Crippen LogP contribution in [-0.2, 0) is 4.74 Å². The summed E-state index contributed by atoms with van der Waals surface area (Å²) in [6.07, 6.45) is -2.76. The van der Waals surface area contributed by atoms with E-state index >= 15 is 0 Å². The van der Waals surface area contributed by atoms with Crippen molar-refractivity contribution in [3.63, 3.8) is 0 Å². The molecule has 0 rings (SSSR count). The molecule has 0 aromatic carbocycles. The van der Waals surface area contributed by atoms with E-state index in [0.717, 1.165) is 13.0 Å². The van der Waals surface area contributed by atoms with Crippen molar-refractivity contribution >= 4 is 0 Å². The largest absolute Gasteiger partial charge is 0.373 e. The van der Waals surface area contributed by atoms with Gasteiger partial charge in [-0.25, -0.2) is 8.78 Å². The van der Waals surface area contributed by atoms with Gasteiger partial charge in [-0.3, -0.25) is 0 Å². The second-order valence-electron chi connectivity index (χ2n) is 4.38. The highest BCUT2D eigenvalue weighted by atomic mass is 19.3. The predicted octanol–water partition coefficient (Wildman–Crippen LogP) is 2.93. The van der Waals surface area contributed by atoms with Crippen LogP contribution < -0.4 is 5.32 Å². The molecule has 0 saturated carbocycles. The molecule has 6 heteroatoms. The highest BCUT2D eigenvalue weighted by molar-refractivity contribution is 4.72. The van der Waals surface area contributed by atoms with Crippen LogP contribution in [0.2, 0.25) is 0 Å². The predicted molar refractivity (Wildman–Crippen MR) is 58.7 cm³/mol. The third kappa shape index (κ3) is 6.83. The van der Waals surface area contributed by atoms with Gasteiger partial charge in [-0.05, 0) is 18.9 Å². The van der Waals surface area contributed by atoms with Crippen LogP contribution in [0.1, 0.15) is 27.2 Å². The van der Waals surface area contributed by atoms with Gasteiger partial charge in [0.05, 0.1) is 6.61 Å². The van der Waals surface area contributed by atoms with Crippen molar-refractivity contribution in [1.29, 1.82) is 0 Å². The Labute approximate surface area is 99.7 Å². The quantitative estimate of drug-likeness (QED) is 0.643. The van der Waals surface area contributed by atoms with E-state index in [4.69, 9.17) is 0 Å². The third-order valence-electron chi connectivity index (χ3n) is 2.37. The summed E-state index contributed by atoms with van der Waals surface area (Å²) in [4.78, 5) is 0. The van der Waals surface area contributed by atoms with Gasteiger partial charge in [-0.15, -0.1) is 0 Å². The van der Waals surface area contributed by atoms with Crippen LogP contribution in [0, 0.1) is 5.92 Å². The summed E-state index contributed by atoms with van der Waals surface area (Å²) in [5, 5.41) is 3.13. The van der Waals surface area contributed by atoms with E-state index in [-0.39, 0.29) is 18.6 Å². The third-order valence-corrected chi connectivity index (χ3v) is 2.37. The van der Waals surface area contributed by atoms with E-state index in [9.17, 15) is 17.6 Å². The molecule has 0 saturated heterocycles. The van der Waals surface area contributed by atoms with E-state index in [1.165, 1.54) is 0 Å². The maximum absolute atomic E-state index is 12.6. The van der Waals surface area contributed by atoms with Crippen LogP contribution in [0.5, 0.6) is 0 Å². The van der Waals surface area contributed by atoms with Crippen molar-refractivity contribution in [1.82, 2.24) is 5.32 Å². The Bertz CT molecular complexity index is 200. The van der Waals surface area contributed by atoms with Crippen LogP contribution in [0.3, 0.4) is 0 Å². The number of ether oxygens (including phenoxy) is 1. The summed E-state index contributed by atoms with van der Waals surface area (Å²) < 4.78 is 53.5. The Hall–Kier alpha value is -0.360. The molecule has 1 unspecified atom stereocenters. The molecule has 0 aromatic heterocycles. The molecule has 0 aliphatic heterocycles. The fourth-order valence-electron chi connectivity index (χ4n) is 1.20. The zero-order chi connectivity index (χ0) is 13.5. The maximum Gasteiger partial charge on any atom is 0.330 e. The Morgan fingerprint density at radius 2 is 1.82 bits per heavy atom. The second-order valence-corrected chi connectivity index (χ2v) is 4.38. The normalized spacial score (nSPS) is 14.6. The van der Waals surface area contributed by atoms with Crippen molar-refractivity contribution in [3.05, 3.63) is 0 Å². The van der Waals surface area contributed by atoms with Gasteiger partial charge in [-0.1, -0.05) is 20.8 Å². The van der Waals surface area contributed by atoms with E-state index in [1.807, 2.05) is 20.8 Å². The van der Waals surface area contributed by atoms with Crippen molar-refractivity contribution in [2.45, 2.75) is 45.6 Å². The molecule has 0 amide bonds. The fourth-order valence-corrected chi connectivity index (χ4v) is 1.20. The number of nitrogens with one attached hydrogen (secondary N) is 1. The second kappa shape index (κ2) is 7.87. The summed E-state index contributed by atoms with van der Waals surface area (Å²) in [7, 11) is 0. The summed E-state index contributed by atoms with van der Waals surface area (Å²) in [6, 6.07) is -0.0941. The molecule has 2 nitrogen and oxygen atoms in total. The summed E-state index contributed by atoms with van der Waals surface area (Å²) in [5.74, 6) is -3.87. The number of rotatable bonds is 9. The summed E-state index contributed by atoms with van der Waals surface area (Å²) in [5.41, 5.74) is 0. The average Bonchev–Trinajstić information content (AvgIpc) is 2.22. The number of alkyl halides is 4. The van der Waals surface area contributed by atoms with Gasteiger partial charge in [0, 0.05) is 6.04 Å². The number of halogens is 4. The molecule has 0 spiro atoms. The Morgan fingerprint density at radius 1 is 1.24 bits per heavy atom. The Morgan fingerprint density at radius 3 is 2.24 bits per heavy atom. The zero-order valence-electron chi connectivity index (χ0n) is 10.5. The van der Waals surface area contributed by atoms with Gasteiger partial charge in [0.15, 0.2) is 0 Å². The van der Waals surface area contributed by atoms with Crippen LogP contribution in [0.25, 0.3) is 0 Å². The Kier molecular flexibility index (Phi) is 7.70. The molecule has 17 heavy (non-hydrogen) atoms. The highest BCUT2D eigenvalue weighted by Gasteiger charge is 2.41. The van der Waals surface area contributed by atoms with Gasteiger partial charge in [0.2, 0.25) is 0 Å². The van der Waals surface area contributed by atoms with Gasteiger partial charge < -0.3 is 10.1 Å². The topological polar surface area (TPSA) is 21.3 Å². The van der Waals surface area contributed by atoms with Gasteiger partial charge >= 0.3 is 12.3 Å². The molecule has 0 bridgehead atoms. The SMILES string of the molecule is CCCNC(COCC(F)(F)C(F)F)C(C)C. The van der Waals surface area contributed by atoms with Crippen LogP contribution >= 0.6 is 0 Å². The summed E-state index contributed by atoms with van der Waals surface area (Å²) >= 11 is 0. The van der Waals surface area contributed by atoms with Crippen molar-refractivity contribution in [3.8, 4) is 0 Å². The lowest BCUT2D eigenvalue weighted by atomic mass is 10.1. The standard InChI is InChI=1S/C11H21F4NO/c1-4-5-16-9(8(2)3)6-17-7-11(14,15)10(12)13/h8-10,16H,4-7H2,1-3H3. The smallest absolute Gasteiger partial charge is 0.330 e. The lowest BCUT2D eigenvalue weighted by Gasteiger charge is -2.23. The molecule has 0 aliphatic carbocycles. The number of hydrogen-bond acceptors (Lipinski definition) is 2. The van der Waals surface area contributed by atoms with Crippen LogP contribution in [0.15, 0.2) is 0 Å². The first-order valence-electron chi connectivity index (χ1n) is 5.78. The molecule has 0 aromatic rings. The minimum absolute atomic E-state index is 0.0139. The minimum atomic E-state index is -4.06. The molecular weight excluding hydrogens is 238 g/mol. The van der Waals surface area contributed by atoms with E-state index in [1.54, 1.807) is 0 Å². The van der Waals surface area contributed by atoms with E-state index in [0.29, 0.717) is 0 Å². The lowest BCUT2D eigenvalue weighted by Crippen LogP contribution is -2.40. The molecule has 0 heterocycles. The van der Waals surface area contributed by atoms with Crippen molar-refractivity contribution in [2.75, 3.05) is 19.8 Å². The van der Waals surface area contributed by atoms with Gasteiger partial charge in [0.25, 0.3) is 0 Å². The molecule has 0 fully saturated rings. The lowest BCUT2D eigenvalue weighted by molar-refractivity contribution is -0.167. The highest BCUT2D eigenvalue weighted by Crippen LogP contribution is 2.23. The molecule has 0 aliphatic rings. The molecule has 1 atom stereocenters. The minimum Gasteiger partial charge on any atom is -0.373 e. The molecule has 0 radical (unpaired) electrons.